The van der Waals surface area contributed by atoms with E-state index < -0.39 is 6.04 Å². The van der Waals surface area contributed by atoms with Gasteiger partial charge in [0.05, 0.1) is 22.9 Å². The van der Waals surface area contributed by atoms with Gasteiger partial charge in [-0.25, -0.2) is 4.99 Å². The second-order valence-corrected chi connectivity index (χ2v) is 12.3. The normalized spacial score (nSPS) is 17.7. The Kier molecular flexibility index (Phi) is 8.01. The molecule has 1 amide bonds. The van der Waals surface area contributed by atoms with Crippen LogP contribution in [0.3, 0.4) is 0 Å². The molecule has 1 saturated heterocycles. The zero-order valence-corrected chi connectivity index (χ0v) is 26.2. The van der Waals surface area contributed by atoms with Crippen LogP contribution in [-0.2, 0) is 4.79 Å². The van der Waals surface area contributed by atoms with Gasteiger partial charge in [0.2, 0.25) is 0 Å². The van der Waals surface area contributed by atoms with Crippen molar-refractivity contribution in [2.75, 3.05) is 38.2 Å². The van der Waals surface area contributed by atoms with Gasteiger partial charge in [-0.3, -0.25) is 14.2 Å². The Morgan fingerprint density at radius 1 is 1.12 bits per heavy atom. The van der Waals surface area contributed by atoms with Crippen LogP contribution in [0, 0.1) is 5.92 Å². The molecule has 9 heteroatoms. The lowest BCUT2D eigenvalue weighted by atomic mass is 9.90. The fraction of sp³-hybridized carbons (Fsp3) is 0.382. The average molecular weight is 599 g/mol. The number of hydrogen-bond acceptors (Lipinski definition) is 7. The third-order valence-corrected chi connectivity index (χ3v) is 9.69. The minimum atomic E-state index is -0.713. The molecule has 0 saturated carbocycles. The van der Waals surface area contributed by atoms with Crippen molar-refractivity contribution in [1.82, 2.24) is 9.47 Å². The minimum Gasteiger partial charge on any atom is -0.496 e. The van der Waals surface area contributed by atoms with Crippen LogP contribution in [0.25, 0.3) is 16.8 Å². The number of fused-ring (bicyclic) bond motifs is 2. The quantitative estimate of drug-likeness (QED) is 0.296. The van der Waals surface area contributed by atoms with Crippen molar-refractivity contribution < 1.29 is 13.9 Å². The number of thiazole rings is 1. The number of amides is 1. The average Bonchev–Trinajstić information content (AvgIpc) is 3.60. The molecule has 0 radical (unpaired) electrons. The van der Waals surface area contributed by atoms with Crippen LogP contribution in [0.4, 0.5) is 5.88 Å². The summed E-state index contributed by atoms with van der Waals surface area (Å²) in [5.74, 6) is 2.65. The second-order valence-electron chi connectivity index (χ2n) is 11.3. The van der Waals surface area contributed by atoms with Gasteiger partial charge in [0.1, 0.15) is 17.6 Å². The highest BCUT2D eigenvalue weighted by Crippen LogP contribution is 2.40. The highest BCUT2D eigenvalue weighted by Gasteiger charge is 2.36. The third kappa shape index (κ3) is 5.20. The Labute approximate surface area is 255 Å². The lowest BCUT2D eigenvalue weighted by Crippen LogP contribution is -2.43. The van der Waals surface area contributed by atoms with Crippen molar-refractivity contribution >= 4 is 40.0 Å². The van der Waals surface area contributed by atoms with Crippen LogP contribution in [0.15, 0.2) is 74.0 Å². The Balaban J connectivity index is 1.54. The summed E-state index contributed by atoms with van der Waals surface area (Å²) in [6, 6.07) is 15.1. The topological polar surface area (TPSA) is 80.3 Å². The molecule has 2 aromatic carbocycles. The van der Waals surface area contributed by atoms with E-state index in [1.165, 1.54) is 11.3 Å². The maximum Gasteiger partial charge on any atom is 0.271 e. The number of benzene rings is 2. The number of carbonyl (C=O) groups is 1. The SMILES string of the molecule is CCN(CC)C(=O)C1=C(C)N=c2s/c(=C\c3ccc(N4CCC(C)CC4)o3)c(=O)n2[C@@H]1c1c(OC)ccc2ccccc12. The number of carbonyl (C=O) groups excluding carboxylic acids is 1. The van der Waals surface area contributed by atoms with Gasteiger partial charge in [-0.05, 0) is 62.4 Å². The maximum atomic E-state index is 14.3. The predicted octanol–water partition coefficient (Wildman–Crippen LogP) is 5.09. The van der Waals surface area contributed by atoms with Gasteiger partial charge in [0.25, 0.3) is 11.5 Å². The molecule has 4 aromatic rings. The predicted molar refractivity (Wildman–Crippen MR) is 172 cm³/mol. The number of ether oxygens (including phenoxy) is 1. The van der Waals surface area contributed by atoms with Crippen LogP contribution in [0.5, 0.6) is 5.75 Å². The minimum absolute atomic E-state index is 0.132. The third-order valence-electron chi connectivity index (χ3n) is 8.71. The molecule has 43 heavy (non-hydrogen) atoms. The van der Waals surface area contributed by atoms with E-state index in [1.807, 2.05) is 69.3 Å². The number of aromatic nitrogens is 1. The van der Waals surface area contributed by atoms with Gasteiger partial charge in [0, 0.05) is 43.9 Å². The number of anilines is 1. The molecular formula is C34H38N4O4S. The van der Waals surface area contributed by atoms with Gasteiger partial charge < -0.3 is 19.0 Å². The molecule has 2 aliphatic heterocycles. The van der Waals surface area contributed by atoms with E-state index in [0.717, 1.165) is 54.1 Å². The monoisotopic (exact) mass is 598 g/mol. The first kappa shape index (κ1) is 29.0. The Bertz CT molecular complexity index is 1890. The zero-order chi connectivity index (χ0) is 30.2. The van der Waals surface area contributed by atoms with Crippen molar-refractivity contribution in [2.45, 2.75) is 46.6 Å². The van der Waals surface area contributed by atoms with Crippen LogP contribution in [-0.4, -0.2) is 48.7 Å². The maximum absolute atomic E-state index is 14.3. The number of furan rings is 1. The lowest BCUT2D eigenvalue weighted by molar-refractivity contribution is -0.127. The van der Waals surface area contributed by atoms with Gasteiger partial charge >= 0.3 is 0 Å². The smallest absolute Gasteiger partial charge is 0.271 e. The van der Waals surface area contributed by atoms with E-state index in [0.29, 0.717) is 45.2 Å². The first-order chi connectivity index (χ1) is 20.8. The molecule has 1 atom stereocenters. The van der Waals surface area contributed by atoms with Crippen molar-refractivity contribution in [3.05, 3.63) is 90.8 Å². The summed E-state index contributed by atoms with van der Waals surface area (Å²) >= 11 is 1.31. The number of nitrogens with zero attached hydrogens (tertiary/aromatic N) is 4. The number of likely N-dealkylation sites (N-methyl/N-ethyl adjacent to an activating group) is 1. The van der Waals surface area contributed by atoms with E-state index in [9.17, 15) is 9.59 Å². The van der Waals surface area contributed by atoms with E-state index in [-0.39, 0.29) is 11.5 Å². The molecule has 1 fully saturated rings. The summed E-state index contributed by atoms with van der Waals surface area (Å²) in [4.78, 5) is 37.8. The second kappa shape index (κ2) is 11.9. The first-order valence-corrected chi connectivity index (χ1v) is 15.9. The number of hydrogen-bond donors (Lipinski definition) is 0. The van der Waals surface area contributed by atoms with E-state index in [1.54, 1.807) is 22.7 Å². The molecule has 0 bridgehead atoms. The number of rotatable bonds is 7. The molecular weight excluding hydrogens is 560 g/mol. The molecule has 0 unspecified atom stereocenters. The van der Waals surface area contributed by atoms with E-state index in [2.05, 4.69) is 11.8 Å². The zero-order valence-electron chi connectivity index (χ0n) is 25.4. The Morgan fingerprint density at radius 3 is 2.58 bits per heavy atom. The molecule has 0 aliphatic carbocycles. The first-order valence-electron chi connectivity index (χ1n) is 15.1. The number of methoxy groups -OCH3 is 1. The van der Waals surface area contributed by atoms with E-state index >= 15 is 0 Å². The number of piperidine rings is 1. The standard InChI is InChI=1S/C34H38N4O4S/c1-6-36(7-2)33(40)29-22(4)35-34-38(31(29)30-25-11-9-8-10-23(25)12-14-26(30)41-5)32(39)27(43-34)20-24-13-15-28(42-24)37-18-16-21(3)17-19-37/h8-15,20-21,31H,6-7,16-19H2,1-5H3/b27-20-/t31-/m0/s1. The van der Waals surface area contributed by atoms with Crippen LogP contribution < -0.4 is 24.5 Å². The molecule has 4 heterocycles. The highest BCUT2D eigenvalue weighted by atomic mass is 32.1. The molecule has 8 nitrogen and oxygen atoms in total. The summed E-state index contributed by atoms with van der Waals surface area (Å²) in [5, 5.41) is 1.92. The molecule has 2 aromatic heterocycles. The summed E-state index contributed by atoms with van der Waals surface area (Å²) in [5.41, 5.74) is 1.64. The van der Waals surface area contributed by atoms with E-state index in [4.69, 9.17) is 14.1 Å². The molecule has 224 valence electrons. The highest BCUT2D eigenvalue weighted by molar-refractivity contribution is 7.07. The van der Waals surface area contributed by atoms with Crippen LogP contribution in [0.1, 0.15) is 57.9 Å². The molecule has 0 spiro atoms. The molecule has 2 aliphatic rings. The fourth-order valence-corrected chi connectivity index (χ4v) is 7.26. The van der Waals surface area contributed by atoms with Crippen LogP contribution in [0.2, 0.25) is 0 Å². The molecule has 6 rings (SSSR count). The summed E-state index contributed by atoms with van der Waals surface area (Å²) in [6.07, 6.45) is 4.07. The van der Waals surface area contributed by atoms with Gasteiger partial charge in [-0.2, -0.15) is 0 Å². The Morgan fingerprint density at radius 2 is 1.86 bits per heavy atom. The van der Waals surface area contributed by atoms with Crippen molar-refractivity contribution in [2.24, 2.45) is 10.9 Å². The van der Waals surface area contributed by atoms with Crippen molar-refractivity contribution in [3.8, 4) is 5.75 Å². The Hall–Kier alpha value is -4.11. The largest absolute Gasteiger partial charge is 0.496 e. The molecule has 0 N–H and O–H groups in total. The lowest BCUT2D eigenvalue weighted by Gasteiger charge is -2.30. The van der Waals surface area contributed by atoms with Gasteiger partial charge in [-0.15, -0.1) is 0 Å². The summed E-state index contributed by atoms with van der Waals surface area (Å²) in [6.45, 7) is 11.1. The summed E-state index contributed by atoms with van der Waals surface area (Å²) < 4.78 is 14.3. The summed E-state index contributed by atoms with van der Waals surface area (Å²) in [7, 11) is 1.62. The van der Waals surface area contributed by atoms with Crippen molar-refractivity contribution in [3.63, 3.8) is 0 Å². The number of allylic oxidation sites excluding steroid dienone is 1. The fourth-order valence-electron chi connectivity index (χ4n) is 6.23. The van der Waals surface area contributed by atoms with Crippen LogP contribution >= 0.6 is 11.3 Å². The van der Waals surface area contributed by atoms with Crippen molar-refractivity contribution in [1.29, 1.82) is 0 Å². The van der Waals surface area contributed by atoms with Gasteiger partial charge in [-0.1, -0.05) is 48.6 Å². The van der Waals surface area contributed by atoms with Gasteiger partial charge in [0.15, 0.2) is 10.7 Å².